The van der Waals surface area contributed by atoms with E-state index in [1.165, 1.54) is 44.6 Å². The lowest BCUT2D eigenvalue weighted by atomic mass is 9.86. The van der Waals surface area contributed by atoms with E-state index in [1.54, 1.807) is 7.11 Å². The van der Waals surface area contributed by atoms with Gasteiger partial charge >= 0.3 is 0 Å². The van der Waals surface area contributed by atoms with Crippen LogP contribution in [0.1, 0.15) is 25.3 Å². The van der Waals surface area contributed by atoms with Crippen LogP contribution >= 0.6 is 28.3 Å². The number of nitrogens with zero attached hydrogens (tertiary/aromatic N) is 1. The van der Waals surface area contributed by atoms with Crippen molar-refractivity contribution in [2.75, 3.05) is 39.9 Å². The molecule has 23 heavy (non-hydrogen) atoms. The maximum Gasteiger partial charge on any atom is 0.175 e. The highest BCUT2D eigenvalue weighted by atomic mass is 79.9. The summed E-state index contributed by atoms with van der Waals surface area (Å²) in [4.78, 5) is 2.56. The zero-order valence-electron chi connectivity index (χ0n) is 13.9. The van der Waals surface area contributed by atoms with E-state index in [2.05, 4.69) is 38.3 Å². The first-order chi connectivity index (χ1) is 10.7. The highest BCUT2D eigenvalue weighted by Crippen LogP contribution is 2.39. The van der Waals surface area contributed by atoms with E-state index < -0.39 is 0 Å². The van der Waals surface area contributed by atoms with Crippen molar-refractivity contribution in [3.05, 3.63) is 22.2 Å². The SMILES string of the molecule is CCOc1c(Br)cc(CN2CCC3(CCNC3)C2)cc1OC.Cl. The van der Waals surface area contributed by atoms with Crippen LogP contribution in [0.15, 0.2) is 16.6 Å². The van der Waals surface area contributed by atoms with Crippen LogP contribution in [0.2, 0.25) is 0 Å². The lowest BCUT2D eigenvalue weighted by Crippen LogP contribution is -2.28. The molecule has 2 fully saturated rings. The molecule has 0 aromatic heterocycles. The molecular weight excluding hydrogens is 380 g/mol. The van der Waals surface area contributed by atoms with Crippen LogP contribution in [0.5, 0.6) is 11.5 Å². The lowest BCUT2D eigenvalue weighted by Gasteiger charge is -2.23. The summed E-state index contributed by atoms with van der Waals surface area (Å²) in [6, 6.07) is 4.26. The zero-order valence-corrected chi connectivity index (χ0v) is 16.3. The Balaban J connectivity index is 0.00000192. The molecule has 1 atom stereocenters. The molecule has 6 heteroatoms. The number of halogens is 2. The van der Waals surface area contributed by atoms with E-state index in [0.29, 0.717) is 12.0 Å². The zero-order chi connectivity index (χ0) is 15.6. The summed E-state index contributed by atoms with van der Waals surface area (Å²) in [7, 11) is 1.70. The molecule has 0 radical (unpaired) electrons. The third kappa shape index (κ3) is 4.13. The lowest BCUT2D eigenvalue weighted by molar-refractivity contribution is 0.267. The molecule has 4 nitrogen and oxygen atoms in total. The van der Waals surface area contributed by atoms with E-state index in [-0.39, 0.29) is 12.4 Å². The average molecular weight is 406 g/mol. The Hall–Kier alpha value is -0.490. The van der Waals surface area contributed by atoms with Crippen LogP contribution < -0.4 is 14.8 Å². The van der Waals surface area contributed by atoms with Crippen molar-refractivity contribution in [1.29, 1.82) is 0 Å². The first-order valence-electron chi connectivity index (χ1n) is 8.08. The van der Waals surface area contributed by atoms with E-state index in [0.717, 1.165) is 22.5 Å². The molecule has 2 aliphatic heterocycles. The van der Waals surface area contributed by atoms with Crippen LogP contribution in [-0.2, 0) is 6.54 Å². The molecule has 0 amide bonds. The van der Waals surface area contributed by atoms with E-state index >= 15 is 0 Å². The van der Waals surface area contributed by atoms with Gasteiger partial charge in [0, 0.05) is 19.6 Å². The van der Waals surface area contributed by atoms with Crippen molar-refractivity contribution < 1.29 is 9.47 Å². The molecule has 1 aromatic carbocycles. The maximum atomic E-state index is 5.67. The van der Waals surface area contributed by atoms with Gasteiger partial charge in [-0.15, -0.1) is 12.4 Å². The molecule has 130 valence electrons. The van der Waals surface area contributed by atoms with Crippen molar-refractivity contribution in [3.63, 3.8) is 0 Å². The Labute approximate surface area is 153 Å². The topological polar surface area (TPSA) is 33.7 Å². The summed E-state index contributed by atoms with van der Waals surface area (Å²) < 4.78 is 12.1. The predicted molar refractivity (Wildman–Crippen MR) is 98.9 cm³/mol. The van der Waals surface area contributed by atoms with Gasteiger partial charge in [-0.3, -0.25) is 4.90 Å². The minimum atomic E-state index is 0. The van der Waals surface area contributed by atoms with Crippen LogP contribution in [-0.4, -0.2) is 44.8 Å². The molecule has 3 rings (SSSR count). The number of benzene rings is 1. The number of hydrogen-bond donors (Lipinski definition) is 1. The fourth-order valence-electron chi connectivity index (χ4n) is 3.71. The number of likely N-dealkylation sites (tertiary alicyclic amines) is 1. The monoisotopic (exact) mass is 404 g/mol. The van der Waals surface area contributed by atoms with E-state index in [9.17, 15) is 0 Å². The van der Waals surface area contributed by atoms with Gasteiger partial charge in [-0.1, -0.05) is 0 Å². The van der Waals surface area contributed by atoms with Gasteiger partial charge in [0.2, 0.25) is 0 Å². The first kappa shape index (κ1) is 18.8. The molecule has 0 saturated carbocycles. The molecule has 1 spiro atoms. The van der Waals surface area contributed by atoms with Gasteiger partial charge in [0.25, 0.3) is 0 Å². The molecule has 0 bridgehead atoms. The van der Waals surface area contributed by atoms with Gasteiger partial charge in [-0.25, -0.2) is 0 Å². The van der Waals surface area contributed by atoms with Crippen LogP contribution in [0.3, 0.4) is 0 Å². The van der Waals surface area contributed by atoms with Crippen LogP contribution in [0, 0.1) is 5.41 Å². The third-order valence-corrected chi connectivity index (χ3v) is 5.42. The molecular formula is C17H26BrClN2O2. The average Bonchev–Trinajstić information content (AvgIpc) is 3.12. The molecule has 1 unspecified atom stereocenters. The number of nitrogens with one attached hydrogen (secondary N) is 1. The second-order valence-electron chi connectivity index (χ2n) is 6.43. The summed E-state index contributed by atoms with van der Waals surface area (Å²) >= 11 is 3.62. The van der Waals surface area contributed by atoms with Gasteiger partial charge in [0.05, 0.1) is 18.2 Å². The number of hydrogen-bond acceptors (Lipinski definition) is 4. The van der Waals surface area contributed by atoms with E-state index in [4.69, 9.17) is 9.47 Å². The molecule has 0 aliphatic carbocycles. The molecule has 2 saturated heterocycles. The van der Waals surface area contributed by atoms with Crippen molar-refractivity contribution in [2.24, 2.45) is 5.41 Å². The van der Waals surface area contributed by atoms with Crippen molar-refractivity contribution in [3.8, 4) is 11.5 Å². The normalized spacial score (nSPS) is 24.0. The summed E-state index contributed by atoms with van der Waals surface area (Å²) in [5.74, 6) is 1.61. The second-order valence-corrected chi connectivity index (χ2v) is 7.28. The summed E-state index contributed by atoms with van der Waals surface area (Å²) in [6.45, 7) is 8.34. The fourth-order valence-corrected chi connectivity index (χ4v) is 4.32. The quantitative estimate of drug-likeness (QED) is 0.813. The Kier molecular flexibility index (Phi) is 6.60. The highest BCUT2D eigenvalue weighted by molar-refractivity contribution is 9.10. The predicted octanol–water partition coefficient (Wildman–Crippen LogP) is 3.46. The van der Waals surface area contributed by atoms with Crippen molar-refractivity contribution in [2.45, 2.75) is 26.3 Å². The van der Waals surface area contributed by atoms with Crippen molar-refractivity contribution >= 4 is 28.3 Å². The number of ether oxygens (including phenoxy) is 2. The van der Waals surface area contributed by atoms with Gasteiger partial charge in [0.1, 0.15) is 0 Å². The minimum Gasteiger partial charge on any atom is -0.493 e. The Morgan fingerprint density at radius 1 is 1.35 bits per heavy atom. The molecule has 2 heterocycles. The third-order valence-electron chi connectivity index (χ3n) is 4.83. The first-order valence-corrected chi connectivity index (χ1v) is 8.87. The standard InChI is InChI=1S/C17H25BrN2O2.ClH/c1-3-22-16-14(18)8-13(9-15(16)21-2)10-20-7-5-17(12-20)4-6-19-11-17;/h8-9,19H,3-7,10-12H2,1-2H3;1H. The van der Waals surface area contributed by atoms with Gasteiger partial charge < -0.3 is 14.8 Å². The Morgan fingerprint density at radius 3 is 2.83 bits per heavy atom. The number of rotatable bonds is 5. The van der Waals surface area contributed by atoms with Crippen molar-refractivity contribution in [1.82, 2.24) is 10.2 Å². The maximum absolute atomic E-state index is 5.67. The van der Waals surface area contributed by atoms with Crippen LogP contribution in [0.25, 0.3) is 0 Å². The van der Waals surface area contributed by atoms with Gasteiger partial charge in [-0.05, 0) is 71.9 Å². The molecule has 1 N–H and O–H groups in total. The highest BCUT2D eigenvalue weighted by Gasteiger charge is 2.40. The van der Waals surface area contributed by atoms with Gasteiger partial charge in [-0.2, -0.15) is 0 Å². The summed E-state index contributed by atoms with van der Waals surface area (Å²) in [6.07, 6.45) is 2.63. The van der Waals surface area contributed by atoms with E-state index in [1.807, 2.05) is 6.92 Å². The smallest absolute Gasteiger partial charge is 0.175 e. The minimum absolute atomic E-state index is 0. The largest absolute Gasteiger partial charge is 0.493 e. The number of methoxy groups -OCH3 is 1. The molecule has 1 aromatic rings. The fraction of sp³-hybridized carbons (Fsp3) is 0.647. The van der Waals surface area contributed by atoms with Crippen LogP contribution in [0.4, 0.5) is 0 Å². The molecule has 2 aliphatic rings. The summed E-state index contributed by atoms with van der Waals surface area (Å²) in [5, 5.41) is 3.52. The van der Waals surface area contributed by atoms with Gasteiger partial charge in [0.15, 0.2) is 11.5 Å². The second kappa shape index (κ2) is 8.06. The summed E-state index contributed by atoms with van der Waals surface area (Å²) in [5.41, 5.74) is 1.79. The Bertz CT molecular complexity index is 536. The Morgan fingerprint density at radius 2 is 2.17 bits per heavy atom.